The highest BCUT2D eigenvalue weighted by Crippen LogP contribution is 2.19. The van der Waals surface area contributed by atoms with Crippen molar-refractivity contribution in [1.29, 1.82) is 0 Å². The van der Waals surface area contributed by atoms with E-state index in [9.17, 15) is 4.79 Å². The van der Waals surface area contributed by atoms with Gasteiger partial charge in [-0.15, -0.1) is 6.58 Å². The van der Waals surface area contributed by atoms with Crippen molar-refractivity contribution in [3.05, 3.63) is 12.7 Å². The molecule has 0 aromatic heterocycles. The highest BCUT2D eigenvalue weighted by Gasteiger charge is 2.39. The van der Waals surface area contributed by atoms with E-state index in [0.29, 0.717) is 19.6 Å². The molecule has 1 unspecified atom stereocenters. The summed E-state index contributed by atoms with van der Waals surface area (Å²) in [6, 6.07) is 0. The molecule has 0 amide bonds. The summed E-state index contributed by atoms with van der Waals surface area (Å²) in [7, 11) is 0. The van der Waals surface area contributed by atoms with Gasteiger partial charge in [-0.25, -0.2) is 0 Å². The summed E-state index contributed by atoms with van der Waals surface area (Å²) in [5.41, 5.74) is -0.896. The van der Waals surface area contributed by atoms with Crippen LogP contribution in [0.1, 0.15) is 12.8 Å². The third-order valence-electron chi connectivity index (χ3n) is 2.23. The summed E-state index contributed by atoms with van der Waals surface area (Å²) >= 11 is 0. The van der Waals surface area contributed by atoms with Gasteiger partial charge in [0.15, 0.2) is 0 Å². The molecule has 4 nitrogen and oxygen atoms in total. The zero-order valence-corrected chi connectivity index (χ0v) is 7.58. The van der Waals surface area contributed by atoms with E-state index in [1.54, 1.807) is 6.08 Å². The molecule has 1 heterocycles. The molecule has 74 valence electrons. The van der Waals surface area contributed by atoms with E-state index in [1.807, 2.05) is 0 Å². The lowest BCUT2D eigenvalue weighted by atomic mass is 9.92. The van der Waals surface area contributed by atoms with E-state index in [-0.39, 0.29) is 6.61 Å². The van der Waals surface area contributed by atoms with Gasteiger partial charge in [0, 0.05) is 13.2 Å². The topological polar surface area (TPSA) is 58.6 Å². The quantitative estimate of drug-likeness (QED) is 0.622. The number of carboxylic acids is 1. The maximum atomic E-state index is 11.0. The number of hydrogen-bond acceptors (Lipinski definition) is 3. The summed E-state index contributed by atoms with van der Waals surface area (Å²) in [6.45, 7) is 4.94. The first kappa shape index (κ1) is 10.2. The van der Waals surface area contributed by atoms with E-state index in [1.165, 1.54) is 0 Å². The van der Waals surface area contributed by atoms with Crippen LogP contribution in [0.5, 0.6) is 0 Å². The molecule has 13 heavy (non-hydrogen) atoms. The van der Waals surface area contributed by atoms with Crippen LogP contribution in [0.2, 0.25) is 0 Å². The maximum Gasteiger partial charge on any atom is 0.326 e. The van der Waals surface area contributed by atoms with E-state index in [0.717, 1.165) is 6.42 Å². The Morgan fingerprint density at radius 3 is 3.00 bits per heavy atom. The molecule has 1 aliphatic rings. The van der Waals surface area contributed by atoms with Crippen molar-refractivity contribution in [3.63, 3.8) is 0 Å². The minimum absolute atomic E-state index is 0.246. The Balaban J connectivity index is 2.61. The number of carbonyl (C=O) groups is 1. The van der Waals surface area contributed by atoms with Gasteiger partial charge in [0.05, 0.1) is 6.61 Å². The average molecular weight is 185 g/mol. The van der Waals surface area contributed by atoms with Gasteiger partial charge in [-0.3, -0.25) is 10.1 Å². The minimum atomic E-state index is -0.896. The summed E-state index contributed by atoms with van der Waals surface area (Å²) in [5.74, 6) is -0.839. The lowest BCUT2D eigenvalue weighted by Crippen LogP contribution is -2.57. The Kier molecular flexibility index (Phi) is 3.45. The van der Waals surface area contributed by atoms with Crippen LogP contribution < -0.4 is 5.32 Å². The van der Waals surface area contributed by atoms with Crippen molar-refractivity contribution in [2.24, 2.45) is 0 Å². The number of carboxylic acid groups (broad SMARTS) is 1. The highest BCUT2D eigenvalue weighted by molar-refractivity contribution is 5.79. The van der Waals surface area contributed by atoms with Gasteiger partial charge in [0.25, 0.3) is 0 Å². The summed E-state index contributed by atoms with van der Waals surface area (Å²) in [4.78, 5) is 11.0. The van der Waals surface area contributed by atoms with Crippen molar-refractivity contribution in [2.75, 3.05) is 19.8 Å². The standard InChI is InChI=1S/C9H15NO3/c1-2-5-10-9(8(11)12)4-3-6-13-7-9/h2,10H,1,3-7H2,(H,11,12). The molecule has 0 saturated carbocycles. The van der Waals surface area contributed by atoms with Gasteiger partial charge in [-0.05, 0) is 12.8 Å². The Morgan fingerprint density at radius 2 is 2.54 bits per heavy atom. The molecule has 0 spiro atoms. The molecule has 1 atom stereocenters. The van der Waals surface area contributed by atoms with Crippen LogP contribution in [0.25, 0.3) is 0 Å². The first-order valence-corrected chi connectivity index (χ1v) is 4.38. The predicted octanol–water partition coefficient (Wildman–Crippen LogP) is 0.396. The molecule has 2 N–H and O–H groups in total. The predicted molar refractivity (Wildman–Crippen MR) is 48.6 cm³/mol. The van der Waals surface area contributed by atoms with E-state index in [4.69, 9.17) is 9.84 Å². The number of nitrogens with one attached hydrogen (secondary N) is 1. The van der Waals surface area contributed by atoms with Crippen molar-refractivity contribution in [3.8, 4) is 0 Å². The number of rotatable bonds is 4. The fraction of sp³-hybridized carbons (Fsp3) is 0.667. The van der Waals surface area contributed by atoms with Crippen molar-refractivity contribution in [1.82, 2.24) is 5.32 Å². The van der Waals surface area contributed by atoms with Crippen molar-refractivity contribution in [2.45, 2.75) is 18.4 Å². The van der Waals surface area contributed by atoms with E-state index in [2.05, 4.69) is 11.9 Å². The molecular formula is C9H15NO3. The maximum absolute atomic E-state index is 11.0. The average Bonchev–Trinajstić information content (AvgIpc) is 2.16. The molecule has 4 heteroatoms. The lowest BCUT2D eigenvalue weighted by Gasteiger charge is -2.33. The van der Waals surface area contributed by atoms with Crippen molar-refractivity contribution < 1.29 is 14.6 Å². The molecule has 0 aliphatic carbocycles. The van der Waals surface area contributed by atoms with Crippen LogP contribution in [0.15, 0.2) is 12.7 Å². The van der Waals surface area contributed by atoms with Crippen LogP contribution in [0.4, 0.5) is 0 Å². The number of ether oxygens (including phenoxy) is 1. The molecule has 0 radical (unpaired) electrons. The largest absolute Gasteiger partial charge is 0.480 e. The highest BCUT2D eigenvalue weighted by atomic mass is 16.5. The smallest absolute Gasteiger partial charge is 0.326 e. The van der Waals surface area contributed by atoms with Gasteiger partial charge >= 0.3 is 5.97 Å². The number of hydrogen-bond donors (Lipinski definition) is 2. The van der Waals surface area contributed by atoms with Crippen LogP contribution in [0.3, 0.4) is 0 Å². The Labute approximate surface area is 77.6 Å². The minimum Gasteiger partial charge on any atom is -0.480 e. The van der Waals surface area contributed by atoms with Crippen molar-refractivity contribution >= 4 is 5.97 Å². The van der Waals surface area contributed by atoms with Crippen LogP contribution in [-0.2, 0) is 9.53 Å². The number of aliphatic carboxylic acids is 1. The fourth-order valence-corrected chi connectivity index (χ4v) is 1.45. The van der Waals surface area contributed by atoms with Gasteiger partial charge in [-0.1, -0.05) is 6.08 Å². The first-order chi connectivity index (χ1) is 6.21. The second-order valence-electron chi connectivity index (χ2n) is 3.21. The molecule has 1 saturated heterocycles. The first-order valence-electron chi connectivity index (χ1n) is 4.38. The molecule has 1 fully saturated rings. The molecular weight excluding hydrogens is 170 g/mol. The SMILES string of the molecule is C=CCNC1(C(=O)O)CCCOC1. The fourth-order valence-electron chi connectivity index (χ4n) is 1.45. The second-order valence-corrected chi connectivity index (χ2v) is 3.21. The monoisotopic (exact) mass is 185 g/mol. The summed E-state index contributed by atoms with van der Waals surface area (Å²) in [5, 5.41) is 12.0. The van der Waals surface area contributed by atoms with Gasteiger partial charge in [0.1, 0.15) is 5.54 Å². The Hall–Kier alpha value is -0.870. The molecule has 1 aliphatic heterocycles. The Morgan fingerprint density at radius 1 is 1.77 bits per heavy atom. The van der Waals surface area contributed by atoms with Crippen LogP contribution >= 0.6 is 0 Å². The second kappa shape index (κ2) is 4.39. The van der Waals surface area contributed by atoms with Gasteiger partial charge in [0.2, 0.25) is 0 Å². The normalized spacial score (nSPS) is 28.3. The van der Waals surface area contributed by atoms with Gasteiger partial charge in [-0.2, -0.15) is 0 Å². The van der Waals surface area contributed by atoms with Crippen LogP contribution in [-0.4, -0.2) is 36.4 Å². The van der Waals surface area contributed by atoms with Gasteiger partial charge < -0.3 is 9.84 Å². The molecule has 0 aromatic carbocycles. The van der Waals surface area contributed by atoms with Crippen LogP contribution in [0, 0.1) is 0 Å². The third-order valence-corrected chi connectivity index (χ3v) is 2.23. The summed E-state index contributed by atoms with van der Waals surface area (Å²) < 4.78 is 5.17. The summed E-state index contributed by atoms with van der Waals surface area (Å²) in [6.07, 6.45) is 3.06. The molecule has 1 rings (SSSR count). The zero-order valence-electron chi connectivity index (χ0n) is 7.58. The Bertz CT molecular complexity index is 197. The van der Waals surface area contributed by atoms with E-state index < -0.39 is 11.5 Å². The third kappa shape index (κ3) is 2.29. The van der Waals surface area contributed by atoms with E-state index >= 15 is 0 Å². The lowest BCUT2D eigenvalue weighted by molar-refractivity contribution is -0.150. The molecule has 0 bridgehead atoms. The molecule has 0 aromatic rings. The zero-order chi connectivity index (χ0) is 9.73.